The number of sulfonamides is 1. The van der Waals surface area contributed by atoms with Crippen molar-refractivity contribution in [2.75, 3.05) is 66.5 Å². The second-order valence-electron chi connectivity index (χ2n) is 19.2. The number of carbonyl (C=O) groups excluding carboxylic acids is 1. The molecule has 7 N–H and O–H groups in total. The Bertz CT molecular complexity index is 3320. The van der Waals surface area contributed by atoms with Crippen LogP contribution in [0.5, 0.6) is 17.2 Å². The molecule has 1 amide bonds. The fourth-order valence-corrected chi connectivity index (χ4v) is 11.7. The molecule has 0 aliphatic carbocycles. The number of carbonyl (C=O) groups is 1. The third kappa shape index (κ3) is 13.3. The number of hydrogen-bond donors (Lipinski definition) is 6. The van der Waals surface area contributed by atoms with Crippen molar-refractivity contribution in [3.05, 3.63) is 107 Å². The number of nitrogens with one attached hydrogen (secondary N) is 5. The van der Waals surface area contributed by atoms with Crippen molar-refractivity contribution in [3.63, 3.8) is 0 Å². The standard InChI is InChI=1S/C52H62Cl2N12O8S2/c1-30(2)64-76(70,71)47-23-33(14-17-43(47)59-50-39(54)27-56-51(63-50)60-40-19-16-36(25-44(40)72-7)74-37-20-22-65(6)29-37)32(5)73-45-24-35(66-21-10-11-34(28-66)48(55)67)15-18-41(45)61-52-57-26-38(53)49(62-52)58-42-12-8-9-13-46(42)75(68,69)31(3)4/h8-9,12-19,23-27,30-32,34,37,64H,10-11,20-22,28-29H2,1-7H3,(H2,55,67)(H2,56,59,60,63)(H2,57,58,61,62). The highest BCUT2D eigenvalue weighted by Gasteiger charge is 2.28. The zero-order valence-electron chi connectivity index (χ0n) is 43.1. The number of likely N-dealkylation sites (N-methyl/N-ethyl adjacent to an activating group) is 1. The van der Waals surface area contributed by atoms with Gasteiger partial charge >= 0.3 is 0 Å². The van der Waals surface area contributed by atoms with E-state index in [-0.39, 0.29) is 72.7 Å². The zero-order chi connectivity index (χ0) is 54.5. The number of piperidine rings is 1. The molecule has 0 spiro atoms. The number of sulfone groups is 1. The van der Waals surface area contributed by atoms with Crippen molar-refractivity contribution in [3.8, 4) is 17.2 Å². The highest BCUT2D eigenvalue weighted by Crippen LogP contribution is 2.40. The molecule has 24 heteroatoms. The van der Waals surface area contributed by atoms with Gasteiger partial charge in [0.05, 0.1) is 58.3 Å². The fourth-order valence-electron chi connectivity index (χ4n) is 8.73. The number of amides is 1. The van der Waals surface area contributed by atoms with Gasteiger partial charge < -0.3 is 51.0 Å². The van der Waals surface area contributed by atoms with Gasteiger partial charge in [-0.15, -0.1) is 0 Å². The first-order chi connectivity index (χ1) is 36.2. The van der Waals surface area contributed by atoms with Crippen molar-refractivity contribution in [1.82, 2.24) is 29.6 Å². The van der Waals surface area contributed by atoms with Gasteiger partial charge in [-0.3, -0.25) is 4.79 Å². The number of benzene rings is 4. The van der Waals surface area contributed by atoms with Gasteiger partial charge in [-0.1, -0.05) is 41.4 Å². The maximum atomic E-state index is 14.2. The molecule has 3 unspecified atom stereocenters. The van der Waals surface area contributed by atoms with Crippen LogP contribution in [0.15, 0.2) is 101 Å². The van der Waals surface area contributed by atoms with Crippen LogP contribution in [0.25, 0.3) is 0 Å². The Hall–Kier alpha value is -6.69. The predicted octanol–water partition coefficient (Wildman–Crippen LogP) is 9.35. The number of rotatable bonds is 21. The van der Waals surface area contributed by atoms with Crippen LogP contribution in [0, 0.1) is 5.92 Å². The highest BCUT2D eigenvalue weighted by molar-refractivity contribution is 7.92. The van der Waals surface area contributed by atoms with Crippen molar-refractivity contribution in [2.24, 2.45) is 11.7 Å². The Labute approximate surface area is 453 Å². The van der Waals surface area contributed by atoms with Gasteiger partial charge in [0.15, 0.2) is 21.5 Å². The summed E-state index contributed by atoms with van der Waals surface area (Å²) in [6.45, 7) is 11.3. The summed E-state index contributed by atoms with van der Waals surface area (Å²) >= 11 is 13.3. The molecule has 2 saturated heterocycles. The second-order valence-corrected chi connectivity index (χ2v) is 24.2. The molecular formula is C52H62Cl2N12O8S2. The third-order valence-corrected chi connectivity index (χ3v) is 17.2. The number of likely N-dealkylation sites (tertiary alicyclic amines) is 1. The molecule has 0 bridgehead atoms. The van der Waals surface area contributed by atoms with E-state index in [1.165, 1.54) is 24.5 Å². The molecule has 4 heterocycles. The molecule has 20 nitrogen and oxygen atoms in total. The number of ether oxygens (including phenoxy) is 3. The summed E-state index contributed by atoms with van der Waals surface area (Å²) in [6.07, 6.45) is 4.40. The summed E-state index contributed by atoms with van der Waals surface area (Å²) in [5, 5.41) is 12.2. The smallest absolute Gasteiger partial charge is 0.242 e. The Morgan fingerprint density at radius 1 is 0.737 bits per heavy atom. The van der Waals surface area contributed by atoms with Gasteiger partial charge in [-0.2, -0.15) is 9.97 Å². The molecule has 2 aromatic heterocycles. The number of anilines is 9. The van der Waals surface area contributed by atoms with Crippen LogP contribution < -0.4 is 50.8 Å². The Morgan fingerprint density at radius 2 is 1.37 bits per heavy atom. The van der Waals surface area contributed by atoms with Gasteiger partial charge in [0, 0.05) is 50.0 Å². The Balaban J connectivity index is 1.09. The molecule has 2 aliphatic heterocycles. The monoisotopic (exact) mass is 1120 g/mol. The molecule has 2 aliphatic rings. The summed E-state index contributed by atoms with van der Waals surface area (Å²) < 4.78 is 76.3. The fraction of sp³-hybridized carbons (Fsp3) is 0.365. The lowest BCUT2D eigenvalue weighted by Crippen LogP contribution is -2.41. The van der Waals surface area contributed by atoms with E-state index in [4.69, 9.17) is 43.1 Å². The number of para-hydroxylation sites is 1. The van der Waals surface area contributed by atoms with Crippen LogP contribution in [-0.4, -0.2) is 105 Å². The van der Waals surface area contributed by atoms with Crippen LogP contribution in [-0.2, 0) is 24.7 Å². The number of hydrogen-bond acceptors (Lipinski definition) is 18. The summed E-state index contributed by atoms with van der Waals surface area (Å²) in [4.78, 5) is 34.6. The average Bonchev–Trinajstić information content (AvgIpc) is 3.81. The molecular weight excluding hydrogens is 1060 g/mol. The van der Waals surface area contributed by atoms with Crippen molar-refractivity contribution < 1.29 is 35.8 Å². The van der Waals surface area contributed by atoms with Crippen LogP contribution in [0.4, 0.5) is 52.0 Å². The molecule has 404 valence electrons. The van der Waals surface area contributed by atoms with Gasteiger partial charge in [0.2, 0.25) is 27.8 Å². The number of primary amides is 1. The van der Waals surface area contributed by atoms with Crippen LogP contribution in [0.2, 0.25) is 10.0 Å². The average molecular weight is 1120 g/mol. The second kappa shape index (κ2) is 23.7. The first-order valence-electron chi connectivity index (χ1n) is 24.7. The molecule has 6 aromatic rings. The van der Waals surface area contributed by atoms with Gasteiger partial charge in [-0.25, -0.2) is 31.5 Å². The summed E-state index contributed by atoms with van der Waals surface area (Å²) in [5.74, 6) is 1.27. The largest absolute Gasteiger partial charge is 0.494 e. The van der Waals surface area contributed by atoms with Crippen LogP contribution in [0.3, 0.4) is 0 Å². The minimum atomic E-state index is -4.19. The Morgan fingerprint density at radius 3 is 1.99 bits per heavy atom. The number of aromatic nitrogens is 4. The number of nitrogens with two attached hydrogens (primary N) is 1. The first-order valence-corrected chi connectivity index (χ1v) is 28.5. The molecule has 8 rings (SSSR count). The number of halogens is 2. The van der Waals surface area contributed by atoms with Crippen LogP contribution >= 0.6 is 23.2 Å². The Kier molecular flexibility index (Phi) is 17.3. The van der Waals surface area contributed by atoms with E-state index in [0.29, 0.717) is 53.7 Å². The van der Waals surface area contributed by atoms with Crippen molar-refractivity contribution >= 4 is 101 Å². The highest BCUT2D eigenvalue weighted by atomic mass is 35.5. The molecule has 0 radical (unpaired) electrons. The molecule has 4 aromatic carbocycles. The van der Waals surface area contributed by atoms with E-state index >= 15 is 0 Å². The van der Waals surface area contributed by atoms with E-state index in [1.54, 1.807) is 90.3 Å². The summed E-state index contributed by atoms with van der Waals surface area (Å²) in [6, 6.07) is 21.8. The number of methoxy groups -OCH3 is 1. The van der Waals surface area contributed by atoms with E-state index in [2.05, 4.69) is 62.8 Å². The lowest BCUT2D eigenvalue weighted by atomic mass is 9.97. The van der Waals surface area contributed by atoms with Crippen molar-refractivity contribution in [1.29, 1.82) is 0 Å². The van der Waals surface area contributed by atoms with Gasteiger partial charge in [0.1, 0.15) is 44.4 Å². The normalized spacial score (nSPS) is 16.6. The SMILES string of the molecule is COc1cc(OC2CCN(C)C2)ccc1Nc1ncc(Cl)c(Nc2ccc(C(C)Oc3cc(N4CCCC(C(N)=O)C4)ccc3Nc3ncc(Cl)c(Nc4ccccc4S(=O)(=O)C(C)C)n3)cc2S(=O)(=O)NC(C)C)n1. The summed E-state index contributed by atoms with van der Waals surface area (Å²) in [7, 11) is -4.26. The minimum Gasteiger partial charge on any atom is -0.494 e. The van der Waals surface area contributed by atoms with E-state index in [0.717, 1.165) is 31.6 Å². The van der Waals surface area contributed by atoms with E-state index in [9.17, 15) is 21.6 Å². The molecule has 0 saturated carbocycles. The third-order valence-electron chi connectivity index (χ3n) is 12.7. The minimum absolute atomic E-state index is 0.0702. The first kappa shape index (κ1) is 55.5. The quantitative estimate of drug-likeness (QED) is 0.0392. The topological polar surface area (TPSA) is 257 Å². The van der Waals surface area contributed by atoms with Gasteiger partial charge in [0.25, 0.3) is 0 Å². The van der Waals surface area contributed by atoms with E-state index in [1.807, 2.05) is 18.2 Å². The summed E-state index contributed by atoms with van der Waals surface area (Å²) in [5.41, 5.74) is 8.42. The maximum Gasteiger partial charge on any atom is 0.242 e. The predicted molar refractivity (Wildman–Crippen MR) is 297 cm³/mol. The molecule has 3 atom stereocenters. The van der Waals surface area contributed by atoms with E-state index < -0.39 is 37.3 Å². The lowest BCUT2D eigenvalue weighted by molar-refractivity contribution is -0.122. The number of nitrogens with zero attached hydrogens (tertiary/aromatic N) is 6. The molecule has 76 heavy (non-hydrogen) atoms. The van der Waals surface area contributed by atoms with Crippen molar-refractivity contribution in [2.45, 2.75) is 87.2 Å². The van der Waals surface area contributed by atoms with Gasteiger partial charge in [-0.05, 0) is 115 Å². The lowest BCUT2D eigenvalue weighted by Gasteiger charge is -2.33. The van der Waals surface area contributed by atoms with Crippen LogP contribution in [0.1, 0.15) is 65.5 Å². The zero-order valence-corrected chi connectivity index (χ0v) is 46.2. The molecule has 2 fully saturated rings. The maximum absolute atomic E-state index is 14.2.